The predicted octanol–water partition coefficient (Wildman–Crippen LogP) is -0.00150. The zero-order valence-electron chi connectivity index (χ0n) is 8.86. The number of thiocarbonyl (C=S) groups is 1. The maximum Gasteiger partial charge on any atom is 0.238 e. The third-order valence-corrected chi connectivity index (χ3v) is 2.64. The Morgan fingerprint density at radius 3 is 2.47 bits per heavy atom. The molecule has 6 heteroatoms. The third kappa shape index (κ3) is 2.51. The van der Waals surface area contributed by atoms with Gasteiger partial charge in [-0.3, -0.25) is 19.4 Å². The van der Waals surface area contributed by atoms with E-state index in [1.807, 2.05) is 6.92 Å². The average Bonchev–Trinajstić information content (AvgIpc) is 2.17. The van der Waals surface area contributed by atoms with Crippen LogP contribution in [-0.4, -0.2) is 53.5 Å². The van der Waals surface area contributed by atoms with E-state index in [-0.39, 0.29) is 23.3 Å². The molecule has 0 aromatic heterocycles. The fourth-order valence-electron chi connectivity index (χ4n) is 1.39. The Hall–Kier alpha value is -1.01. The molecule has 0 unspecified atom stereocenters. The van der Waals surface area contributed by atoms with Crippen LogP contribution in [0.2, 0.25) is 0 Å². The summed E-state index contributed by atoms with van der Waals surface area (Å²) in [5.74, 6) is -0.465. The zero-order chi connectivity index (χ0) is 11.4. The summed E-state index contributed by atoms with van der Waals surface area (Å²) in [5, 5.41) is 0.288. The number of carbonyl (C=O) groups is 2. The second kappa shape index (κ2) is 5.18. The number of hydrogen-bond donors (Lipinski definition) is 0. The topological polar surface area (TPSA) is 49.9 Å². The van der Waals surface area contributed by atoms with Crippen LogP contribution in [0, 0.1) is 0 Å². The first-order chi connectivity index (χ1) is 7.11. The average molecular weight is 230 g/mol. The molecule has 0 radical (unpaired) electrons. The molecule has 15 heavy (non-hydrogen) atoms. The van der Waals surface area contributed by atoms with Crippen LogP contribution < -0.4 is 0 Å². The molecule has 0 spiro atoms. The fourth-order valence-corrected chi connectivity index (χ4v) is 1.82. The van der Waals surface area contributed by atoms with Crippen LogP contribution >= 0.6 is 12.2 Å². The van der Waals surface area contributed by atoms with Crippen molar-refractivity contribution in [2.45, 2.75) is 13.3 Å². The van der Waals surface area contributed by atoms with Crippen LogP contribution in [0.4, 0.5) is 0 Å². The molecule has 0 aromatic rings. The molecule has 1 rings (SSSR count). The molecule has 0 atom stereocenters. The number of carbonyl (C=O) groups excluding carboxylic acids is 2. The summed E-state index contributed by atoms with van der Waals surface area (Å²) in [4.78, 5) is 25.8. The Bertz CT molecular complexity index is 293. The summed E-state index contributed by atoms with van der Waals surface area (Å²) in [6.07, 6.45) is -0.0995. The molecule has 1 fully saturated rings. The van der Waals surface area contributed by atoms with Crippen molar-refractivity contribution in [3.8, 4) is 0 Å². The molecule has 0 saturated carbocycles. The molecular formula is C9H14N2O3S. The molecule has 1 saturated heterocycles. The third-order valence-electron chi connectivity index (χ3n) is 2.20. The highest BCUT2D eigenvalue weighted by Crippen LogP contribution is 2.11. The second-order valence-electron chi connectivity index (χ2n) is 3.14. The van der Waals surface area contributed by atoms with E-state index in [4.69, 9.17) is 17.0 Å². The summed E-state index contributed by atoms with van der Waals surface area (Å²) < 4.78 is 4.88. The Kier molecular flexibility index (Phi) is 4.16. The normalized spacial score (nSPS) is 17.6. The van der Waals surface area contributed by atoms with Crippen molar-refractivity contribution < 1.29 is 14.3 Å². The Labute approximate surface area is 94.0 Å². The summed E-state index contributed by atoms with van der Waals surface area (Å²) >= 11 is 5.07. The summed E-state index contributed by atoms with van der Waals surface area (Å²) in [5.41, 5.74) is 0. The number of ether oxygens (including phenoxy) is 1. The maximum absolute atomic E-state index is 11.5. The van der Waals surface area contributed by atoms with E-state index in [2.05, 4.69) is 0 Å². The van der Waals surface area contributed by atoms with E-state index in [1.54, 1.807) is 7.11 Å². The summed E-state index contributed by atoms with van der Waals surface area (Å²) in [7, 11) is 1.56. The Morgan fingerprint density at radius 2 is 1.93 bits per heavy atom. The minimum atomic E-state index is -0.244. The fraction of sp³-hybridized carbons (Fsp3) is 0.667. The molecule has 0 aliphatic carbocycles. The molecule has 0 N–H and O–H groups in total. The molecule has 2 amide bonds. The van der Waals surface area contributed by atoms with Crippen LogP contribution in [0.3, 0.4) is 0 Å². The standard InChI is InChI=1S/C9H14N2O3S/c1-3-10-7(12)6-8(13)11(9(10)15)4-5-14-2/h3-6H2,1-2H3. The van der Waals surface area contributed by atoms with E-state index in [0.29, 0.717) is 19.7 Å². The summed E-state index contributed by atoms with van der Waals surface area (Å²) in [6, 6.07) is 0. The van der Waals surface area contributed by atoms with Gasteiger partial charge in [-0.25, -0.2) is 0 Å². The van der Waals surface area contributed by atoms with Gasteiger partial charge >= 0.3 is 0 Å². The smallest absolute Gasteiger partial charge is 0.238 e. The van der Waals surface area contributed by atoms with Gasteiger partial charge < -0.3 is 4.74 Å². The van der Waals surface area contributed by atoms with Gasteiger partial charge in [0.25, 0.3) is 0 Å². The molecule has 5 nitrogen and oxygen atoms in total. The molecule has 1 heterocycles. The van der Waals surface area contributed by atoms with E-state index < -0.39 is 0 Å². The van der Waals surface area contributed by atoms with Gasteiger partial charge in [-0.05, 0) is 19.1 Å². The number of hydrogen-bond acceptors (Lipinski definition) is 4. The van der Waals surface area contributed by atoms with Crippen molar-refractivity contribution >= 4 is 29.1 Å². The monoisotopic (exact) mass is 230 g/mol. The van der Waals surface area contributed by atoms with Crippen molar-refractivity contribution in [3.05, 3.63) is 0 Å². The first-order valence-corrected chi connectivity index (χ1v) is 5.16. The molecular weight excluding hydrogens is 216 g/mol. The van der Waals surface area contributed by atoms with E-state index in [9.17, 15) is 9.59 Å². The lowest BCUT2D eigenvalue weighted by Crippen LogP contribution is -2.55. The zero-order valence-corrected chi connectivity index (χ0v) is 9.67. The van der Waals surface area contributed by atoms with Crippen LogP contribution in [0.25, 0.3) is 0 Å². The van der Waals surface area contributed by atoms with Gasteiger partial charge in [-0.15, -0.1) is 0 Å². The van der Waals surface area contributed by atoms with Crippen molar-refractivity contribution in [1.29, 1.82) is 0 Å². The van der Waals surface area contributed by atoms with Crippen LogP contribution in [0.5, 0.6) is 0 Å². The lowest BCUT2D eigenvalue weighted by molar-refractivity contribution is -0.140. The largest absolute Gasteiger partial charge is 0.383 e. The number of methoxy groups -OCH3 is 1. The highest BCUT2D eigenvalue weighted by atomic mass is 32.1. The van der Waals surface area contributed by atoms with Gasteiger partial charge in [0.15, 0.2) is 5.11 Å². The van der Waals surface area contributed by atoms with Crippen molar-refractivity contribution in [2.75, 3.05) is 26.8 Å². The number of nitrogens with zero attached hydrogens (tertiary/aromatic N) is 2. The number of rotatable bonds is 4. The SMILES string of the molecule is CCN1C(=O)CC(=O)N(CCOC)C1=S. The number of amides is 2. The first kappa shape index (κ1) is 12.1. The first-order valence-electron chi connectivity index (χ1n) is 4.75. The van der Waals surface area contributed by atoms with E-state index >= 15 is 0 Å². The van der Waals surface area contributed by atoms with E-state index in [0.717, 1.165) is 0 Å². The molecule has 0 bridgehead atoms. The van der Waals surface area contributed by atoms with Gasteiger partial charge in [-0.2, -0.15) is 0 Å². The van der Waals surface area contributed by atoms with Gasteiger partial charge in [0.1, 0.15) is 6.42 Å². The minimum absolute atomic E-state index is 0.0995. The lowest BCUT2D eigenvalue weighted by Gasteiger charge is -2.34. The molecule has 84 valence electrons. The Balaban J connectivity index is 2.74. The van der Waals surface area contributed by atoms with Gasteiger partial charge in [0.05, 0.1) is 13.2 Å². The van der Waals surface area contributed by atoms with Crippen LogP contribution in [0.15, 0.2) is 0 Å². The maximum atomic E-state index is 11.5. The quantitative estimate of drug-likeness (QED) is 0.504. The summed E-state index contributed by atoms with van der Waals surface area (Å²) in [6.45, 7) is 3.14. The predicted molar refractivity (Wildman–Crippen MR) is 58.2 cm³/mol. The minimum Gasteiger partial charge on any atom is -0.383 e. The molecule has 1 aliphatic heterocycles. The highest BCUT2D eigenvalue weighted by molar-refractivity contribution is 7.80. The highest BCUT2D eigenvalue weighted by Gasteiger charge is 2.33. The van der Waals surface area contributed by atoms with Gasteiger partial charge in [-0.1, -0.05) is 0 Å². The molecule has 1 aliphatic rings. The lowest BCUT2D eigenvalue weighted by atomic mass is 10.2. The van der Waals surface area contributed by atoms with Crippen molar-refractivity contribution in [1.82, 2.24) is 9.80 Å². The van der Waals surface area contributed by atoms with Crippen molar-refractivity contribution in [2.24, 2.45) is 0 Å². The molecule has 0 aromatic carbocycles. The second-order valence-corrected chi connectivity index (χ2v) is 3.50. The van der Waals surface area contributed by atoms with Crippen LogP contribution in [-0.2, 0) is 14.3 Å². The Morgan fingerprint density at radius 1 is 1.33 bits per heavy atom. The van der Waals surface area contributed by atoms with Gasteiger partial charge in [0.2, 0.25) is 11.8 Å². The van der Waals surface area contributed by atoms with E-state index in [1.165, 1.54) is 9.80 Å². The van der Waals surface area contributed by atoms with Gasteiger partial charge in [0, 0.05) is 13.7 Å². The van der Waals surface area contributed by atoms with Crippen LogP contribution in [0.1, 0.15) is 13.3 Å². The van der Waals surface area contributed by atoms with Crippen molar-refractivity contribution in [3.63, 3.8) is 0 Å².